The van der Waals surface area contributed by atoms with E-state index in [0.717, 1.165) is 23.5 Å². The topological polar surface area (TPSA) is 71.1 Å². The molecule has 3 aromatic rings. The highest BCUT2D eigenvalue weighted by atomic mass is 35.5. The van der Waals surface area contributed by atoms with Crippen LogP contribution in [0.3, 0.4) is 0 Å². The molecule has 4 rings (SSSR count). The van der Waals surface area contributed by atoms with Crippen LogP contribution in [-0.4, -0.2) is 56.1 Å². The van der Waals surface area contributed by atoms with Crippen molar-refractivity contribution in [3.8, 4) is 11.5 Å². The molecule has 0 aromatic heterocycles. The number of piperazine rings is 1. The smallest absolute Gasteiger partial charge is 0.257 e. The number of carbonyl (C=O) groups excluding carboxylic acids is 2. The minimum Gasteiger partial charge on any atom is -0.496 e. The predicted octanol–water partition coefficient (Wildman–Crippen LogP) is 5.74. The molecule has 1 unspecified atom stereocenters. The van der Waals surface area contributed by atoms with Gasteiger partial charge in [0.15, 0.2) is 0 Å². The number of halogens is 1. The maximum absolute atomic E-state index is 13.0. The number of nitrogens with one attached hydrogen (secondary N) is 1. The highest BCUT2D eigenvalue weighted by Crippen LogP contribution is 2.26. The molecule has 1 saturated heterocycles. The van der Waals surface area contributed by atoms with Crippen molar-refractivity contribution in [2.24, 2.45) is 0 Å². The first-order chi connectivity index (χ1) is 17.9. The van der Waals surface area contributed by atoms with E-state index in [4.69, 9.17) is 21.1 Å². The minimum atomic E-state index is -0.175. The molecule has 7 nitrogen and oxygen atoms in total. The molecule has 1 heterocycles. The van der Waals surface area contributed by atoms with Crippen molar-refractivity contribution in [1.82, 2.24) is 4.90 Å². The van der Waals surface area contributed by atoms with Gasteiger partial charge < -0.3 is 24.6 Å². The molecule has 1 atom stereocenters. The monoisotopic (exact) mass is 521 g/mol. The van der Waals surface area contributed by atoms with Crippen molar-refractivity contribution in [3.05, 3.63) is 82.9 Å². The number of methoxy groups -OCH3 is 1. The zero-order valence-corrected chi connectivity index (χ0v) is 22.1. The van der Waals surface area contributed by atoms with Crippen LogP contribution in [0.4, 0.5) is 11.4 Å². The lowest BCUT2D eigenvalue weighted by Gasteiger charge is -2.36. The van der Waals surface area contributed by atoms with Crippen LogP contribution in [-0.2, 0) is 0 Å². The maximum Gasteiger partial charge on any atom is 0.257 e. The highest BCUT2D eigenvalue weighted by Gasteiger charge is 2.24. The Bertz CT molecular complexity index is 1220. The quantitative estimate of drug-likeness (QED) is 0.409. The van der Waals surface area contributed by atoms with Gasteiger partial charge in [-0.25, -0.2) is 0 Å². The molecule has 1 fully saturated rings. The Morgan fingerprint density at radius 1 is 0.973 bits per heavy atom. The Hall–Kier alpha value is -3.71. The molecule has 37 heavy (non-hydrogen) atoms. The number of nitrogens with zero attached hydrogens (tertiary/aromatic N) is 2. The predicted molar refractivity (Wildman–Crippen MR) is 147 cm³/mol. The average molecular weight is 522 g/mol. The fraction of sp³-hybridized carbons (Fsp3) is 0.310. The lowest BCUT2D eigenvalue weighted by molar-refractivity contribution is 0.0743. The summed E-state index contributed by atoms with van der Waals surface area (Å²) in [7, 11) is 1.55. The molecule has 194 valence electrons. The Morgan fingerprint density at radius 3 is 2.27 bits per heavy atom. The van der Waals surface area contributed by atoms with Crippen LogP contribution < -0.4 is 19.7 Å². The second-order valence-electron chi connectivity index (χ2n) is 8.99. The van der Waals surface area contributed by atoms with Crippen molar-refractivity contribution in [3.63, 3.8) is 0 Å². The average Bonchev–Trinajstić information content (AvgIpc) is 2.93. The van der Waals surface area contributed by atoms with E-state index in [1.807, 2.05) is 48.2 Å². The second kappa shape index (κ2) is 12.0. The van der Waals surface area contributed by atoms with E-state index in [1.54, 1.807) is 37.4 Å². The van der Waals surface area contributed by atoms with Gasteiger partial charge in [-0.2, -0.15) is 0 Å². The fourth-order valence-corrected chi connectivity index (χ4v) is 4.32. The lowest BCUT2D eigenvalue weighted by Crippen LogP contribution is -2.48. The molecular formula is C29H32ClN3O4. The molecule has 0 aliphatic carbocycles. The summed E-state index contributed by atoms with van der Waals surface area (Å²) >= 11 is 6.10. The van der Waals surface area contributed by atoms with Gasteiger partial charge in [-0.15, -0.1) is 0 Å². The van der Waals surface area contributed by atoms with Crippen LogP contribution in [0.2, 0.25) is 5.02 Å². The van der Waals surface area contributed by atoms with E-state index in [-0.39, 0.29) is 17.9 Å². The lowest BCUT2D eigenvalue weighted by atomic mass is 10.1. The zero-order chi connectivity index (χ0) is 26.4. The van der Waals surface area contributed by atoms with E-state index in [9.17, 15) is 9.59 Å². The number of rotatable bonds is 8. The summed E-state index contributed by atoms with van der Waals surface area (Å²) in [5.41, 5.74) is 2.80. The first-order valence-electron chi connectivity index (χ1n) is 12.4. The van der Waals surface area contributed by atoms with Crippen molar-refractivity contribution < 1.29 is 19.1 Å². The van der Waals surface area contributed by atoms with Gasteiger partial charge in [-0.3, -0.25) is 9.59 Å². The Morgan fingerprint density at radius 2 is 1.65 bits per heavy atom. The summed E-state index contributed by atoms with van der Waals surface area (Å²) < 4.78 is 11.1. The third-order valence-corrected chi connectivity index (χ3v) is 6.71. The molecular weight excluding hydrogens is 490 g/mol. The first-order valence-corrected chi connectivity index (χ1v) is 12.8. The van der Waals surface area contributed by atoms with Crippen LogP contribution in [0.5, 0.6) is 11.5 Å². The Kier molecular flexibility index (Phi) is 8.56. The molecule has 0 bridgehead atoms. The van der Waals surface area contributed by atoms with E-state index in [2.05, 4.69) is 17.1 Å². The fourth-order valence-electron chi connectivity index (χ4n) is 4.14. The van der Waals surface area contributed by atoms with Crippen molar-refractivity contribution in [2.45, 2.75) is 26.4 Å². The van der Waals surface area contributed by atoms with Crippen LogP contribution in [0.1, 0.15) is 41.0 Å². The van der Waals surface area contributed by atoms with Gasteiger partial charge >= 0.3 is 0 Å². The molecule has 3 aromatic carbocycles. The van der Waals surface area contributed by atoms with Gasteiger partial charge in [0.25, 0.3) is 11.8 Å². The number of hydrogen-bond acceptors (Lipinski definition) is 5. The number of hydrogen-bond donors (Lipinski definition) is 1. The van der Waals surface area contributed by atoms with Crippen molar-refractivity contribution >= 4 is 34.8 Å². The summed E-state index contributed by atoms with van der Waals surface area (Å²) in [6.45, 7) is 6.66. The van der Waals surface area contributed by atoms with Crippen LogP contribution >= 0.6 is 11.6 Å². The number of carbonyl (C=O) groups is 2. The Balaban J connectivity index is 1.31. The third-order valence-electron chi connectivity index (χ3n) is 6.48. The van der Waals surface area contributed by atoms with E-state index < -0.39 is 0 Å². The molecule has 0 radical (unpaired) electrons. The molecule has 0 saturated carbocycles. The summed E-state index contributed by atoms with van der Waals surface area (Å²) in [5, 5.41) is 3.44. The van der Waals surface area contributed by atoms with Gasteiger partial charge in [0.1, 0.15) is 11.5 Å². The normalized spacial score (nSPS) is 14.2. The van der Waals surface area contributed by atoms with Gasteiger partial charge in [0, 0.05) is 48.1 Å². The summed E-state index contributed by atoms with van der Waals surface area (Å²) in [4.78, 5) is 29.7. The van der Waals surface area contributed by atoms with E-state index in [1.165, 1.54) is 0 Å². The summed E-state index contributed by atoms with van der Waals surface area (Å²) in [5.74, 6) is 1.01. The number of amides is 2. The van der Waals surface area contributed by atoms with E-state index in [0.29, 0.717) is 48.1 Å². The van der Waals surface area contributed by atoms with Crippen LogP contribution in [0.15, 0.2) is 66.7 Å². The minimum absolute atomic E-state index is 0.0865. The molecule has 1 N–H and O–H groups in total. The van der Waals surface area contributed by atoms with E-state index >= 15 is 0 Å². The third kappa shape index (κ3) is 6.54. The molecule has 1 aliphatic heterocycles. The number of anilines is 2. The van der Waals surface area contributed by atoms with Gasteiger partial charge in [-0.05, 0) is 80.1 Å². The maximum atomic E-state index is 13.0. The van der Waals surface area contributed by atoms with Crippen molar-refractivity contribution in [1.29, 1.82) is 0 Å². The number of benzene rings is 3. The first kappa shape index (κ1) is 26.4. The summed E-state index contributed by atoms with van der Waals surface area (Å²) in [6, 6.07) is 20.0. The SMILES string of the molecule is CCC(C)Oc1ccc(C(=O)Nc2ccc(N3CCN(C(=O)c4cc(Cl)ccc4OC)CC3)cc2)cc1. The highest BCUT2D eigenvalue weighted by molar-refractivity contribution is 6.31. The second-order valence-corrected chi connectivity index (χ2v) is 9.42. The molecule has 2 amide bonds. The van der Waals surface area contributed by atoms with Crippen LogP contribution in [0, 0.1) is 0 Å². The number of ether oxygens (including phenoxy) is 2. The molecule has 1 aliphatic rings. The van der Waals surface area contributed by atoms with Crippen molar-refractivity contribution in [2.75, 3.05) is 43.5 Å². The summed E-state index contributed by atoms with van der Waals surface area (Å²) in [6.07, 6.45) is 1.05. The zero-order valence-electron chi connectivity index (χ0n) is 21.4. The Labute approximate surface area is 222 Å². The standard InChI is InChI=1S/C29H32ClN3O4/c1-4-20(2)37-25-12-5-21(6-13-25)28(34)31-23-8-10-24(11-9-23)32-15-17-33(18-16-32)29(35)26-19-22(30)7-14-27(26)36-3/h5-14,19-20H,4,15-18H2,1-3H3,(H,31,34). The molecule has 8 heteroatoms. The van der Waals surface area contributed by atoms with Gasteiger partial charge in [0.2, 0.25) is 0 Å². The van der Waals surface area contributed by atoms with Gasteiger partial charge in [-0.1, -0.05) is 18.5 Å². The van der Waals surface area contributed by atoms with Gasteiger partial charge in [0.05, 0.1) is 18.8 Å². The van der Waals surface area contributed by atoms with Crippen LogP contribution in [0.25, 0.3) is 0 Å². The largest absolute Gasteiger partial charge is 0.496 e. The molecule has 0 spiro atoms.